The Morgan fingerprint density at radius 3 is 3.06 bits per heavy atom. The third-order valence-electron chi connectivity index (χ3n) is 3.35. The number of carbonyl (C=O) groups is 1. The molecule has 0 spiro atoms. The van der Waals surface area contributed by atoms with Gasteiger partial charge >= 0.3 is 0 Å². The van der Waals surface area contributed by atoms with Crippen molar-refractivity contribution < 1.29 is 9.90 Å². The van der Waals surface area contributed by atoms with E-state index in [0.717, 1.165) is 35.0 Å². The molecule has 1 N–H and O–H groups in total. The van der Waals surface area contributed by atoms with Crippen LogP contribution in [0.5, 0.6) is 0 Å². The Morgan fingerprint density at radius 1 is 1.59 bits per heavy atom. The van der Waals surface area contributed by atoms with Crippen LogP contribution in [-0.2, 0) is 0 Å². The predicted molar refractivity (Wildman–Crippen MR) is 70.0 cm³/mol. The minimum absolute atomic E-state index is 0.0131. The van der Waals surface area contributed by atoms with Crippen molar-refractivity contribution in [2.24, 2.45) is 0 Å². The zero-order valence-electron chi connectivity index (χ0n) is 9.82. The summed E-state index contributed by atoms with van der Waals surface area (Å²) in [6, 6.07) is 5.63. The molecule has 17 heavy (non-hydrogen) atoms. The van der Waals surface area contributed by atoms with Crippen molar-refractivity contribution in [2.45, 2.75) is 25.8 Å². The molecule has 1 amide bonds. The van der Waals surface area contributed by atoms with Gasteiger partial charge in [0.2, 0.25) is 0 Å². The van der Waals surface area contributed by atoms with Gasteiger partial charge in [0.15, 0.2) is 0 Å². The van der Waals surface area contributed by atoms with Crippen LogP contribution in [0.2, 0.25) is 0 Å². The summed E-state index contributed by atoms with van der Waals surface area (Å²) in [6.07, 6.45) is 1.87. The number of aliphatic hydroxyl groups excluding tert-OH is 1. The summed E-state index contributed by atoms with van der Waals surface area (Å²) >= 11 is 3.43. The van der Waals surface area contributed by atoms with E-state index in [9.17, 15) is 9.90 Å². The Bertz CT molecular complexity index is 433. The van der Waals surface area contributed by atoms with Crippen molar-refractivity contribution in [2.75, 3.05) is 13.2 Å². The molecule has 1 aromatic carbocycles. The molecule has 1 aliphatic heterocycles. The van der Waals surface area contributed by atoms with Gasteiger partial charge in [-0.15, -0.1) is 0 Å². The monoisotopic (exact) mass is 297 g/mol. The first-order valence-electron chi connectivity index (χ1n) is 5.82. The van der Waals surface area contributed by atoms with E-state index < -0.39 is 0 Å². The fourth-order valence-corrected chi connectivity index (χ4v) is 2.65. The second kappa shape index (κ2) is 5.19. The highest BCUT2D eigenvalue weighted by Crippen LogP contribution is 2.24. The number of amides is 1. The molecule has 0 unspecified atom stereocenters. The van der Waals surface area contributed by atoms with Gasteiger partial charge in [0.05, 0.1) is 12.6 Å². The normalized spacial score (nSPS) is 19.7. The number of nitrogens with zero attached hydrogens (tertiary/aromatic N) is 1. The lowest BCUT2D eigenvalue weighted by Gasteiger charge is -2.24. The van der Waals surface area contributed by atoms with Crippen molar-refractivity contribution in [1.82, 2.24) is 4.90 Å². The van der Waals surface area contributed by atoms with E-state index in [2.05, 4.69) is 15.9 Å². The van der Waals surface area contributed by atoms with Crippen LogP contribution in [0.25, 0.3) is 0 Å². The molecular formula is C13H16BrNO2. The van der Waals surface area contributed by atoms with Crippen LogP contribution in [0, 0.1) is 6.92 Å². The Morgan fingerprint density at radius 2 is 2.35 bits per heavy atom. The average Bonchev–Trinajstić information content (AvgIpc) is 2.80. The molecule has 1 saturated heterocycles. The molecule has 1 aromatic rings. The minimum atomic E-state index is -0.0131. The lowest BCUT2D eigenvalue weighted by atomic mass is 10.1. The molecule has 0 radical (unpaired) electrons. The Kier molecular flexibility index (Phi) is 3.84. The highest BCUT2D eigenvalue weighted by atomic mass is 79.9. The minimum Gasteiger partial charge on any atom is -0.394 e. The summed E-state index contributed by atoms with van der Waals surface area (Å²) in [4.78, 5) is 14.2. The van der Waals surface area contributed by atoms with E-state index in [1.807, 2.05) is 25.1 Å². The number of likely N-dealkylation sites (tertiary alicyclic amines) is 1. The molecule has 0 aromatic heterocycles. The lowest BCUT2D eigenvalue weighted by molar-refractivity contribution is 0.0677. The summed E-state index contributed by atoms with van der Waals surface area (Å²) in [5.74, 6) is 0.0281. The van der Waals surface area contributed by atoms with E-state index in [4.69, 9.17) is 0 Å². The third kappa shape index (κ3) is 2.38. The first-order valence-corrected chi connectivity index (χ1v) is 6.61. The van der Waals surface area contributed by atoms with Gasteiger partial charge in [-0.1, -0.05) is 22.0 Å². The third-order valence-corrected chi connectivity index (χ3v) is 4.21. The molecule has 0 aliphatic carbocycles. The Balaban J connectivity index is 2.28. The molecule has 1 aliphatic rings. The fourth-order valence-electron chi connectivity index (χ4n) is 2.29. The van der Waals surface area contributed by atoms with Gasteiger partial charge < -0.3 is 10.0 Å². The standard InChI is InChI=1S/C13H16BrNO2/c1-9-11(5-2-6-12(9)14)13(17)15-7-3-4-10(15)8-16/h2,5-6,10,16H,3-4,7-8H2,1H3/t10-/m1/s1. The maximum Gasteiger partial charge on any atom is 0.254 e. The molecule has 4 heteroatoms. The number of rotatable bonds is 2. The maximum absolute atomic E-state index is 12.4. The molecule has 2 rings (SSSR count). The van der Waals surface area contributed by atoms with Crippen LogP contribution < -0.4 is 0 Å². The van der Waals surface area contributed by atoms with Crippen molar-refractivity contribution in [3.05, 3.63) is 33.8 Å². The molecule has 1 fully saturated rings. The lowest BCUT2D eigenvalue weighted by Crippen LogP contribution is -2.37. The second-order valence-electron chi connectivity index (χ2n) is 4.39. The van der Waals surface area contributed by atoms with Gasteiger partial charge in [0.1, 0.15) is 0 Å². The van der Waals surface area contributed by atoms with E-state index in [0.29, 0.717) is 0 Å². The summed E-state index contributed by atoms with van der Waals surface area (Å²) < 4.78 is 0.947. The summed E-state index contributed by atoms with van der Waals surface area (Å²) in [5, 5.41) is 9.25. The van der Waals surface area contributed by atoms with Crippen LogP contribution in [0.1, 0.15) is 28.8 Å². The zero-order chi connectivity index (χ0) is 12.4. The number of aliphatic hydroxyl groups is 1. The van der Waals surface area contributed by atoms with Gasteiger partial charge in [-0.25, -0.2) is 0 Å². The predicted octanol–water partition coefficient (Wildman–Crippen LogP) is 2.35. The SMILES string of the molecule is Cc1c(Br)cccc1C(=O)N1CCC[C@@H]1CO. The Labute approximate surface area is 110 Å². The largest absolute Gasteiger partial charge is 0.394 e. The highest BCUT2D eigenvalue weighted by Gasteiger charge is 2.29. The van der Waals surface area contributed by atoms with E-state index in [1.165, 1.54) is 0 Å². The zero-order valence-corrected chi connectivity index (χ0v) is 11.4. The number of halogens is 1. The quantitative estimate of drug-likeness (QED) is 0.910. The summed E-state index contributed by atoms with van der Waals surface area (Å²) in [7, 11) is 0. The molecule has 0 saturated carbocycles. The summed E-state index contributed by atoms with van der Waals surface area (Å²) in [6.45, 7) is 2.73. The van der Waals surface area contributed by atoms with E-state index in [-0.39, 0.29) is 18.6 Å². The molecule has 1 heterocycles. The average molecular weight is 298 g/mol. The molecule has 0 bridgehead atoms. The smallest absolute Gasteiger partial charge is 0.254 e. The van der Waals surface area contributed by atoms with Gasteiger partial charge in [-0.05, 0) is 37.5 Å². The number of carbonyl (C=O) groups excluding carboxylic acids is 1. The van der Waals surface area contributed by atoms with Crippen LogP contribution >= 0.6 is 15.9 Å². The number of benzene rings is 1. The van der Waals surface area contributed by atoms with E-state index in [1.54, 1.807) is 4.90 Å². The van der Waals surface area contributed by atoms with Gasteiger partial charge in [0, 0.05) is 16.6 Å². The number of hydrogen-bond acceptors (Lipinski definition) is 2. The maximum atomic E-state index is 12.4. The highest BCUT2D eigenvalue weighted by molar-refractivity contribution is 9.10. The van der Waals surface area contributed by atoms with Gasteiger partial charge in [0.25, 0.3) is 5.91 Å². The van der Waals surface area contributed by atoms with Crippen LogP contribution in [0.3, 0.4) is 0 Å². The Hall–Kier alpha value is -0.870. The van der Waals surface area contributed by atoms with Crippen LogP contribution in [-0.4, -0.2) is 35.1 Å². The van der Waals surface area contributed by atoms with Gasteiger partial charge in [-0.3, -0.25) is 4.79 Å². The first kappa shape index (κ1) is 12.6. The van der Waals surface area contributed by atoms with Crippen LogP contribution in [0.15, 0.2) is 22.7 Å². The first-order chi connectivity index (χ1) is 8.15. The fraction of sp³-hybridized carbons (Fsp3) is 0.462. The topological polar surface area (TPSA) is 40.5 Å². The molecule has 92 valence electrons. The van der Waals surface area contributed by atoms with Crippen molar-refractivity contribution in [1.29, 1.82) is 0 Å². The molecule has 3 nitrogen and oxygen atoms in total. The van der Waals surface area contributed by atoms with Crippen LogP contribution in [0.4, 0.5) is 0 Å². The van der Waals surface area contributed by atoms with Crippen molar-refractivity contribution in [3.8, 4) is 0 Å². The van der Waals surface area contributed by atoms with E-state index >= 15 is 0 Å². The summed E-state index contributed by atoms with van der Waals surface area (Å²) in [5.41, 5.74) is 1.68. The van der Waals surface area contributed by atoms with Gasteiger partial charge in [-0.2, -0.15) is 0 Å². The second-order valence-corrected chi connectivity index (χ2v) is 5.24. The van der Waals surface area contributed by atoms with Crippen molar-refractivity contribution in [3.63, 3.8) is 0 Å². The van der Waals surface area contributed by atoms with Crippen molar-refractivity contribution >= 4 is 21.8 Å². The molecule has 1 atom stereocenters. The molecular weight excluding hydrogens is 282 g/mol. The number of hydrogen-bond donors (Lipinski definition) is 1.